The van der Waals surface area contributed by atoms with Gasteiger partial charge >= 0.3 is 6.18 Å². The Hall–Kier alpha value is -3.88. The summed E-state index contributed by atoms with van der Waals surface area (Å²) in [6.07, 6.45) is -0.659. The molecule has 0 unspecified atom stereocenters. The van der Waals surface area contributed by atoms with E-state index in [0.717, 1.165) is 12.1 Å². The highest BCUT2D eigenvalue weighted by atomic mass is 19.4. The summed E-state index contributed by atoms with van der Waals surface area (Å²) >= 11 is 0. The van der Waals surface area contributed by atoms with Gasteiger partial charge in [-0.3, -0.25) is 9.59 Å². The molecule has 1 N–H and O–H groups in total. The number of carbonyl (C=O) groups is 2. The van der Waals surface area contributed by atoms with Gasteiger partial charge in [0, 0.05) is 24.5 Å². The van der Waals surface area contributed by atoms with E-state index in [4.69, 9.17) is 4.74 Å². The molecule has 0 heterocycles. The number of benzene rings is 2. The maximum atomic E-state index is 12.7. The lowest BCUT2D eigenvalue weighted by Crippen LogP contribution is -2.31. The zero-order valence-electron chi connectivity index (χ0n) is 18.2. The second kappa shape index (κ2) is 11.7. The summed E-state index contributed by atoms with van der Waals surface area (Å²) in [5.41, 5.74) is 0.420. The Morgan fingerprint density at radius 1 is 1.18 bits per heavy atom. The van der Waals surface area contributed by atoms with E-state index in [-0.39, 0.29) is 36.2 Å². The van der Waals surface area contributed by atoms with Gasteiger partial charge in [0.05, 0.1) is 23.4 Å². The van der Waals surface area contributed by atoms with Crippen LogP contribution in [0.3, 0.4) is 0 Å². The number of halogens is 3. The summed E-state index contributed by atoms with van der Waals surface area (Å²) in [6.45, 7) is 5.84. The standard InChI is InChI=1S/C24H24F3N3O3/c1-4-13-28-22(17(2)29-20-11-9-19(10-12-20)24(25,26)27)33-15-14-30(3)23(32)21-8-6-5-7-18(21)16-31/h4-13,16,29H,2,14-15H2,1,3H3/b13-4-,28-22+. The molecule has 2 rings (SSSR count). The SMILES string of the molecule is C=C(Nc1ccc(C(F)(F)F)cc1)/C(=N\C=C/C)OCCN(C)C(=O)c1ccccc1C=O. The Kier molecular flexibility index (Phi) is 8.97. The van der Waals surface area contributed by atoms with Crippen molar-refractivity contribution in [3.05, 3.63) is 89.8 Å². The van der Waals surface area contributed by atoms with E-state index in [9.17, 15) is 22.8 Å². The van der Waals surface area contributed by atoms with Crippen molar-refractivity contribution in [2.24, 2.45) is 4.99 Å². The van der Waals surface area contributed by atoms with Crippen molar-refractivity contribution in [1.82, 2.24) is 4.90 Å². The van der Waals surface area contributed by atoms with E-state index < -0.39 is 11.7 Å². The van der Waals surface area contributed by atoms with Crippen LogP contribution in [0.2, 0.25) is 0 Å². The molecule has 0 aromatic heterocycles. The minimum atomic E-state index is -4.42. The number of alkyl halides is 3. The minimum absolute atomic E-state index is 0.0651. The van der Waals surface area contributed by atoms with Crippen molar-refractivity contribution in [2.45, 2.75) is 13.1 Å². The van der Waals surface area contributed by atoms with Crippen LogP contribution >= 0.6 is 0 Å². The first-order valence-corrected chi connectivity index (χ1v) is 9.92. The number of amides is 1. The summed E-state index contributed by atoms with van der Waals surface area (Å²) in [5.74, 6) is -0.225. The fraction of sp³-hybridized carbons (Fsp3) is 0.208. The molecule has 0 fully saturated rings. The highest BCUT2D eigenvalue weighted by Gasteiger charge is 2.30. The van der Waals surface area contributed by atoms with Gasteiger partial charge in [-0.1, -0.05) is 30.9 Å². The lowest BCUT2D eigenvalue weighted by atomic mass is 10.1. The van der Waals surface area contributed by atoms with Crippen LogP contribution in [0.5, 0.6) is 0 Å². The number of nitrogens with zero attached hydrogens (tertiary/aromatic N) is 2. The molecule has 33 heavy (non-hydrogen) atoms. The Bertz CT molecular complexity index is 1040. The molecule has 2 aromatic carbocycles. The second-order valence-corrected chi connectivity index (χ2v) is 6.88. The quantitative estimate of drug-likeness (QED) is 0.319. The first kappa shape index (κ1) is 25.4. The number of aliphatic imine (C=N–C) groups is 1. The van der Waals surface area contributed by atoms with Crippen LogP contribution in [0.25, 0.3) is 0 Å². The largest absolute Gasteiger partial charge is 0.474 e. The molecule has 0 aliphatic heterocycles. The third-order valence-corrected chi connectivity index (χ3v) is 4.44. The van der Waals surface area contributed by atoms with E-state index in [0.29, 0.717) is 17.5 Å². The van der Waals surface area contributed by atoms with Crippen LogP contribution in [-0.4, -0.2) is 43.2 Å². The molecule has 0 aliphatic rings. The smallest absolute Gasteiger partial charge is 0.416 e. The molecule has 0 saturated heterocycles. The average molecular weight is 459 g/mol. The molecule has 174 valence electrons. The molecule has 9 heteroatoms. The predicted molar refractivity (Wildman–Crippen MR) is 121 cm³/mol. The van der Waals surface area contributed by atoms with Crippen LogP contribution < -0.4 is 5.32 Å². The topological polar surface area (TPSA) is 71.0 Å². The minimum Gasteiger partial charge on any atom is -0.474 e. The van der Waals surface area contributed by atoms with Crippen LogP contribution in [0, 0.1) is 0 Å². The Balaban J connectivity index is 2.00. The molecular formula is C24H24F3N3O3. The summed E-state index contributed by atoms with van der Waals surface area (Å²) in [6, 6.07) is 10.9. The zero-order chi connectivity index (χ0) is 24.4. The fourth-order valence-corrected chi connectivity index (χ4v) is 2.70. The first-order valence-electron chi connectivity index (χ1n) is 9.92. The van der Waals surface area contributed by atoms with E-state index in [1.54, 1.807) is 44.3 Å². The molecule has 1 amide bonds. The Labute approximate surface area is 190 Å². The van der Waals surface area contributed by atoms with Crippen molar-refractivity contribution >= 4 is 23.8 Å². The highest BCUT2D eigenvalue weighted by Crippen LogP contribution is 2.30. The van der Waals surface area contributed by atoms with Gasteiger partial charge in [0.15, 0.2) is 6.29 Å². The lowest BCUT2D eigenvalue weighted by Gasteiger charge is -2.19. The van der Waals surface area contributed by atoms with Crippen molar-refractivity contribution in [2.75, 3.05) is 25.5 Å². The van der Waals surface area contributed by atoms with Gasteiger partial charge in [0.25, 0.3) is 5.91 Å². The fourth-order valence-electron chi connectivity index (χ4n) is 2.70. The van der Waals surface area contributed by atoms with E-state index >= 15 is 0 Å². The number of hydrogen-bond acceptors (Lipinski definition) is 5. The third-order valence-electron chi connectivity index (χ3n) is 4.44. The van der Waals surface area contributed by atoms with Crippen LogP contribution in [0.4, 0.5) is 18.9 Å². The monoisotopic (exact) mass is 459 g/mol. The Morgan fingerprint density at radius 3 is 2.45 bits per heavy atom. The number of likely N-dealkylation sites (N-methyl/N-ethyl adjacent to an activating group) is 1. The van der Waals surface area contributed by atoms with Gasteiger partial charge in [0.2, 0.25) is 5.90 Å². The number of carbonyl (C=O) groups excluding carboxylic acids is 2. The summed E-state index contributed by atoms with van der Waals surface area (Å²) in [5, 5.41) is 2.86. The molecule has 0 saturated carbocycles. The normalized spacial score (nSPS) is 11.8. The van der Waals surface area contributed by atoms with Gasteiger partial charge < -0.3 is 15.0 Å². The van der Waals surface area contributed by atoms with Gasteiger partial charge in [-0.25, -0.2) is 4.99 Å². The number of hydrogen-bond donors (Lipinski definition) is 1. The summed E-state index contributed by atoms with van der Waals surface area (Å²) in [4.78, 5) is 29.3. The molecule has 2 aromatic rings. The zero-order valence-corrected chi connectivity index (χ0v) is 18.2. The molecule has 0 atom stereocenters. The van der Waals surface area contributed by atoms with Gasteiger partial charge in [-0.15, -0.1) is 0 Å². The molecule has 0 aliphatic carbocycles. The molecule has 0 spiro atoms. The molecule has 0 radical (unpaired) electrons. The lowest BCUT2D eigenvalue weighted by molar-refractivity contribution is -0.137. The molecular weight excluding hydrogens is 435 g/mol. The maximum Gasteiger partial charge on any atom is 0.416 e. The van der Waals surface area contributed by atoms with Crippen molar-refractivity contribution < 1.29 is 27.5 Å². The van der Waals surface area contributed by atoms with Gasteiger partial charge in [-0.05, 0) is 37.3 Å². The maximum absolute atomic E-state index is 12.7. The van der Waals surface area contributed by atoms with E-state index in [1.807, 2.05) is 0 Å². The number of nitrogens with one attached hydrogen (secondary N) is 1. The second-order valence-electron chi connectivity index (χ2n) is 6.88. The van der Waals surface area contributed by atoms with Crippen molar-refractivity contribution in [3.63, 3.8) is 0 Å². The molecule has 0 bridgehead atoms. The van der Waals surface area contributed by atoms with Crippen LogP contribution in [0.15, 0.2) is 78.1 Å². The van der Waals surface area contributed by atoms with Crippen molar-refractivity contribution in [3.8, 4) is 0 Å². The number of rotatable bonds is 9. The molecule has 6 nitrogen and oxygen atoms in total. The number of aldehydes is 1. The summed E-state index contributed by atoms with van der Waals surface area (Å²) < 4.78 is 43.9. The Morgan fingerprint density at radius 2 is 1.85 bits per heavy atom. The van der Waals surface area contributed by atoms with Gasteiger partial charge in [-0.2, -0.15) is 13.2 Å². The average Bonchev–Trinajstić information content (AvgIpc) is 2.80. The third kappa shape index (κ3) is 7.34. The summed E-state index contributed by atoms with van der Waals surface area (Å²) in [7, 11) is 1.57. The van der Waals surface area contributed by atoms with E-state index in [1.165, 1.54) is 23.2 Å². The first-order chi connectivity index (χ1) is 15.7. The van der Waals surface area contributed by atoms with E-state index in [2.05, 4.69) is 16.9 Å². The predicted octanol–water partition coefficient (Wildman–Crippen LogP) is 5.16. The van der Waals surface area contributed by atoms with Gasteiger partial charge in [0.1, 0.15) is 6.61 Å². The van der Waals surface area contributed by atoms with Crippen molar-refractivity contribution in [1.29, 1.82) is 0 Å². The number of allylic oxidation sites excluding steroid dienone is 1. The highest BCUT2D eigenvalue weighted by molar-refractivity contribution is 6.01. The van der Waals surface area contributed by atoms with Crippen LogP contribution in [0.1, 0.15) is 33.2 Å². The van der Waals surface area contributed by atoms with Crippen LogP contribution in [-0.2, 0) is 10.9 Å². The number of anilines is 1. The number of ether oxygens (including phenoxy) is 1.